The highest BCUT2D eigenvalue weighted by Gasteiger charge is 2.55. The first-order chi connectivity index (χ1) is 12.4. The maximum Gasteiger partial charge on any atom is 0.322 e. The van der Waals surface area contributed by atoms with E-state index in [1.807, 2.05) is 13.8 Å². The van der Waals surface area contributed by atoms with Gasteiger partial charge >= 0.3 is 6.03 Å². The van der Waals surface area contributed by atoms with Crippen molar-refractivity contribution in [3.05, 3.63) is 23.8 Å². The minimum absolute atomic E-state index is 0.0460. The Morgan fingerprint density at radius 3 is 2.42 bits per heavy atom. The van der Waals surface area contributed by atoms with Gasteiger partial charge in [-0.2, -0.15) is 0 Å². The van der Waals surface area contributed by atoms with E-state index in [0.29, 0.717) is 34.5 Å². The highest BCUT2D eigenvalue weighted by atomic mass is 16.5. The van der Waals surface area contributed by atoms with Crippen LogP contribution in [-0.4, -0.2) is 35.0 Å². The van der Waals surface area contributed by atoms with E-state index < -0.39 is 5.91 Å². The molecule has 4 rings (SSSR count). The van der Waals surface area contributed by atoms with Gasteiger partial charge in [-0.3, -0.25) is 4.79 Å². The van der Waals surface area contributed by atoms with Crippen LogP contribution in [0.1, 0.15) is 62.7 Å². The second kappa shape index (κ2) is 6.18. The van der Waals surface area contributed by atoms with Gasteiger partial charge in [0.05, 0.1) is 11.7 Å². The summed E-state index contributed by atoms with van der Waals surface area (Å²) in [6.07, 6.45) is 7.11. The molecule has 2 unspecified atom stereocenters. The summed E-state index contributed by atoms with van der Waals surface area (Å²) < 4.78 is 5.70. The van der Waals surface area contributed by atoms with Gasteiger partial charge in [-0.25, -0.2) is 4.79 Å². The number of urea groups is 1. The molecule has 1 saturated carbocycles. The first-order valence-electron chi connectivity index (χ1n) is 9.57. The first kappa shape index (κ1) is 17.2. The highest BCUT2D eigenvalue weighted by Crippen LogP contribution is 2.59. The van der Waals surface area contributed by atoms with Crippen LogP contribution in [0, 0.1) is 5.41 Å². The number of primary amides is 1. The summed E-state index contributed by atoms with van der Waals surface area (Å²) in [6, 6.07) is 5.70. The van der Waals surface area contributed by atoms with Gasteiger partial charge in [0.15, 0.2) is 0 Å². The molecule has 26 heavy (non-hydrogen) atoms. The molecule has 0 radical (unpaired) electrons. The van der Waals surface area contributed by atoms with Crippen molar-refractivity contribution in [2.24, 2.45) is 11.1 Å². The molecule has 0 aromatic heterocycles. The third-order valence-corrected chi connectivity index (χ3v) is 6.01. The van der Waals surface area contributed by atoms with E-state index in [2.05, 4.69) is 10.2 Å². The van der Waals surface area contributed by atoms with Gasteiger partial charge in [0.2, 0.25) is 0 Å². The first-order valence-corrected chi connectivity index (χ1v) is 9.57. The number of ether oxygens (including phenoxy) is 1. The number of hydrogen-bond acceptors (Lipinski definition) is 3. The Bertz CT molecular complexity index is 726. The van der Waals surface area contributed by atoms with Crippen LogP contribution < -0.4 is 15.8 Å². The topological polar surface area (TPSA) is 84.7 Å². The van der Waals surface area contributed by atoms with Gasteiger partial charge < -0.3 is 20.7 Å². The summed E-state index contributed by atoms with van der Waals surface area (Å²) in [6.45, 7) is 3.77. The van der Waals surface area contributed by atoms with Crippen LogP contribution >= 0.6 is 0 Å². The molecule has 1 aromatic carbocycles. The number of rotatable bonds is 4. The predicted molar refractivity (Wildman–Crippen MR) is 99.3 cm³/mol. The summed E-state index contributed by atoms with van der Waals surface area (Å²) in [7, 11) is 0. The van der Waals surface area contributed by atoms with Crippen molar-refractivity contribution in [1.29, 1.82) is 0 Å². The lowest BCUT2D eigenvalue weighted by Crippen LogP contribution is -2.49. The Hall–Kier alpha value is -2.24. The van der Waals surface area contributed by atoms with Crippen molar-refractivity contribution in [3.8, 4) is 5.75 Å². The van der Waals surface area contributed by atoms with Crippen molar-refractivity contribution in [2.45, 2.75) is 70.6 Å². The fraction of sp³-hybridized carbons (Fsp3) is 0.600. The van der Waals surface area contributed by atoms with Crippen molar-refractivity contribution in [3.63, 3.8) is 0 Å². The number of amides is 3. The average Bonchev–Trinajstić information content (AvgIpc) is 3.23. The van der Waals surface area contributed by atoms with E-state index in [4.69, 9.17) is 10.5 Å². The quantitative estimate of drug-likeness (QED) is 0.865. The van der Waals surface area contributed by atoms with E-state index in [-0.39, 0.29) is 12.1 Å². The lowest BCUT2D eigenvalue weighted by atomic mass is 9.88. The van der Waals surface area contributed by atoms with Gasteiger partial charge in [0.25, 0.3) is 5.91 Å². The fourth-order valence-corrected chi connectivity index (χ4v) is 4.70. The monoisotopic (exact) mass is 357 g/mol. The summed E-state index contributed by atoms with van der Waals surface area (Å²) >= 11 is 0. The van der Waals surface area contributed by atoms with E-state index in [0.717, 1.165) is 25.7 Å². The molecular weight excluding hydrogens is 330 g/mol. The van der Waals surface area contributed by atoms with E-state index >= 15 is 0 Å². The second-order valence-corrected chi connectivity index (χ2v) is 8.37. The van der Waals surface area contributed by atoms with Crippen molar-refractivity contribution >= 4 is 17.6 Å². The van der Waals surface area contributed by atoms with E-state index in [9.17, 15) is 9.59 Å². The highest BCUT2D eigenvalue weighted by molar-refractivity contribution is 5.97. The predicted octanol–water partition coefficient (Wildman–Crippen LogP) is 3.51. The third-order valence-electron chi connectivity index (χ3n) is 6.01. The van der Waals surface area contributed by atoms with Crippen molar-refractivity contribution in [2.75, 3.05) is 5.32 Å². The summed E-state index contributed by atoms with van der Waals surface area (Å²) in [5.74, 6) is -0.133. The molecule has 6 nitrogen and oxygen atoms in total. The molecule has 2 heterocycles. The fourth-order valence-electron chi connectivity index (χ4n) is 4.70. The van der Waals surface area contributed by atoms with Crippen LogP contribution in [0.3, 0.4) is 0 Å². The molecule has 2 bridgehead atoms. The third kappa shape index (κ3) is 3.13. The number of piperidine rings is 1. The molecule has 2 saturated heterocycles. The average molecular weight is 357 g/mol. The molecule has 2 atom stereocenters. The number of carbonyl (C=O) groups excluding carboxylic acids is 2. The zero-order valence-corrected chi connectivity index (χ0v) is 15.5. The van der Waals surface area contributed by atoms with Crippen LogP contribution in [0.15, 0.2) is 18.2 Å². The summed E-state index contributed by atoms with van der Waals surface area (Å²) in [4.78, 5) is 26.5. The van der Waals surface area contributed by atoms with Gasteiger partial charge in [-0.15, -0.1) is 0 Å². The van der Waals surface area contributed by atoms with Gasteiger partial charge in [0.1, 0.15) is 5.75 Å². The lowest BCUT2D eigenvalue weighted by molar-refractivity contribution is 0.0994. The molecule has 1 aromatic rings. The zero-order chi connectivity index (χ0) is 18.5. The summed E-state index contributed by atoms with van der Waals surface area (Å²) in [5.41, 5.74) is 6.92. The number of nitrogens with one attached hydrogen (secondary N) is 1. The normalized spacial score (nSPS) is 25.4. The summed E-state index contributed by atoms with van der Waals surface area (Å²) in [5, 5.41) is 2.99. The van der Waals surface area contributed by atoms with Crippen LogP contribution in [0.5, 0.6) is 5.75 Å². The van der Waals surface area contributed by atoms with E-state index in [1.54, 1.807) is 18.2 Å². The number of hydrogen-bond donors (Lipinski definition) is 2. The maximum atomic E-state index is 12.9. The van der Waals surface area contributed by atoms with Crippen LogP contribution in [0.4, 0.5) is 10.5 Å². The molecule has 3 amide bonds. The molecule has 3 aliphatic rings. The number of anilines is 1. The number of fused-ring (bicyclic) bond motifs is 2. The molecule has 140 valence electrons. The standard InChI is InChI=1S/C20H27N3O3/c1-12(2)26-17-9-13(3-6-16(17)18(21)24)22-19(25)23-14-4-5-15(23)11-20(10-14)7-8-20/h3,6,9,12,14-15H,4-5,7-8,10-11H2,1-2H3,(H2,21,24)(H,22,25). The smallest absolute Gasteiger partial charge is 0.322 e. The van der Waals surface area contributed by atoms with Gasteiger partial charge in [0, 0.05) is 23.8 Å². The van der Waals surface area contributed by atoms with Gasteiger partial charge in [-0.1, -0.05) is 0 Å². The molecule has 3 N–H and O–H groups in total. The van der Waals surface area contributed by atoms with Crippen LogP contribution in [0.25, 0.3) is 0 Å². The molecule has 6 heteroatoms. The van der Waals surface area contributed by atoms with Gasteiger partial charge in [-0.05, 0) is 69.9 Å². The Balaban J connectivity index is 1.50. The second-order valence-electron chi connectivity index (χ2n) is 8.37. The minimum atomic E-state index is -0.540. The molecular formula is C20H27N3O3. The Kier molecular flexibility index (Phi) is 4.09. The molecule has 1 aliphatic carbocycles. The SMILES string of the molecule is CC(C)Oc1cc(NC(=O)N2C3CCC2CC2(CC2)C3)ccc1C(N)=O. The number of benzene rings is 1. The minimum Gasteiger partial charge on any atom is -0.490 e. The van der Waals surface area contributed by atoms with Crippen LogP contribution in [0.2, 0.25) is 0 Å². The number of carbonyl (C=O) groups is 2. The zero-order valence-electron chi connectivity index (χ0n) is 15.5. The Labute approximate surface area is 154 Å². The maximum absolute atomic E-state index is 12.9. The Morgan fingerprint density at radius 1 is 1.23 bits per heavy atom. The van der Waals surface area contributed by atoms with E-state index in [1.165, 1.54) is 12.8 Å². The Morgan fingerprint density at radius 2 is 1.88 bits per heavy atom. The van der Waals surface area contributed by atoms with Crippen LogP contribution in [-0.2, 0) is 0 Å². The molecule has 3 fully saturated rings. The molecule has 2 aliphatic heterocycles. The largest absolute Gasteiger partial charge is 0.490 e. The lowest BCUT2D eigenvalue weighted by Gasteiger charge is -2.39. The number of nitrogens with zero attached hydrogens (tertiary/aromatic N) is 1. The number of nitrogens with two attached hydrogens (primary N) is 1. The molecule has 1 spiro atoms. The van der Waals surface area contributed by atoms with Crippen molar-refractivity contribution in [1.82, 2.24) is 4.90 Å². The van der Waals surface area contributed by atoms with Crippen molar-refractivity contribution < 1.29 is 14.3 Å².